The number of nitriles is 2. The van der Waals surface area contributed by atoms with E-state index >= 15 is 0 Å². The number of aromatic nitrogens is 2. The van der Waals surface area contributed by atoms with Gasteiger partial charge in [-0.3, -0.25) is 9.58 Å². The van der Waals surface area contributed by atoms with Gasteiger partial charge in [0.05, 0.1) is 31.3 Å². The van der Waals surface area contributed by atoms with Gasteiger partial charge >= 0.3 is 0 Å². The molecule has 1 aliphatic rings. The summed E-state index contributed by atoms with van der Waals surface area (Å²) in [6, 6.07) is 4.38. The van der Waals surface area contributed by atoms with E-state index < -0.39 is 0 Å². The van der Waals surface area contributed by atoms with E-state index in [9.17, 15) is 0 Å². The molecule has 1 fully saturated rings. The third-order valence-corrected chi connectivity index (χ3v) is 3.49. The van der Waals surface area contributed by atoms with Crippen molar-refractivity contribution in [3.63, 3.8) is 0 Å². The van der Waals surface area contributed by atoms with Gasteiger partial charge in [-0.2, -0.15) is 15.6 Å². The lowest BCUT2D eigenvalue weighted by Gasteiger charge is -2.48. The molecule has 1 aromatic heterocycles. The minimum atomic E-state index is -0.237. The predicted octanol–water partition coefficient (Wildman–Crippen LogP) is 1.45. The smallest absolute Gasteiger partial charge is 0.101 e. The molecular formula is C13H17N5. The van der Waals surface area contributed by atoms with Crippen LogP contribution in [0.4, 0.5) is 0 Å². The average molecular weight is 243 g/mol. The fraction of sp³-hybridized carbons (Fsp3) is 0.615. The molecular weight excluding hydrogens is 226 g/mol. The normalized spacial score (nSPS) is 18.1. The van der Waals surface area contributed by atoms with Gasteiger partial charge in [0.1, 0.15) is 5.54 Å². The van der Waals surface area contributed by atoms with E-state index in [0.29, 0.717) is 18.9 Å². The van der Waals surface area contributed by atoms with Crippen LogP contribution in [0.5, 0.6) is 0 Å². The molecule has 18 heavy (non-hydrogen) atoms. The van der Waals surface area contributed by atoms with E-state index in [0.717, 1.165) is 13.1 Å². The molecule has 0 spiro atoms. The Labute approximate surface area is 107 Å². The molecule has 1 aliphatic heterocycles. The number of nitrogens with zero attached hydrogens (tertiary/aromatic N) is 5. The summed E-state index contributed by atoms with van der Waals surface area (Å²) in [5.41, 5.74) is 0.949. The molecule has 0 radical (unpaired) electrons. The van der Waals surface area contributed by atoms with Gasteiger partial charge in [-0.25, -0.2) is 0 Å². The first-order chi connectivity index (χ1) is 8.61. The molecule has 0 amide bonds. The Balaban J connectivity index is 2.17. The number of hydrogen-bond donors (Lipinski definition) is 0. The SMILES string of the molecule is CC(C)c1cnn(C2(CC#N)CN(CC#N)C2)c1. The summed E-state index contributed by atoms with van der Waals surface area (Å²) in [6.45, 7) is 6.13. The molecule has 0 saturated carbocycles. The molecule has 1 saturated heterocycles. The lowest BCUT2D eigenvalue weighted by atomic mass is 9.87. The quantitative estimate of drug-likeness (QED) is 0.751. The first-order valence-electron chi connectivity index (χ1n) is 6.12. The Hall–Kier alpha value is -1.85. The second-order valence-corrected chi connectivity index (χ2v) is 5.24. The lowest BCUT2D eigenvalue weighted by Crippen LogP contribution is -2.62. The fourth-order valence-corrected chi connectivity index (χ4v) is 2.38. The van der Waals surface area contributed by atoms with E-state index in [2.05, 4.69) is 31.1 Å². The first-order valence-corrected chi connectivity index (χ1v) is 6.12. The van der Waals surface area contributed by atoms with Crippen LogP contribution in [0.25, 0.3) is 0 Å². The third-order valence-electron chi connectivity index (χ3n) is 3.49. The van der Waals surface area contributed by atoms with Gasteiger partial charge in [0, 0.05) is 19.3 Å². The molecule has 94 valence electrons. The lowest BCUT2D eigenvalue weighted by molar-refractivity contribution is 0.0156. The van der Waals surface area contributed by atoms with Crippen LogP contribution in [0.3, 0.4) is 0 Å². The minimum absolute atomic E-state index is 0.237. The molecule has 5 nitrogen and oxygen atoms in total. The zero-order valence-corrected chi connectivity index (χ0v) is 10.8. The standard InChI is InChI=1S/C13H17N5/c1-11(2)12-7-16-18(8-12)13(3-4-14)9-17(10-13)6-5-15/h7-8,11H,3,6,9-10H2,1-2H3. The molecule has 0 bridgehead atoms. The van der Waals surface area contributed by atoms with Crippen molar-refractivity contribution in [1.82, 2.24) is 14.7 Å². The van der Waals surface area contributed by atoms with Crippen LogP contribution in [-0.2, 0) is 5.54 Å². The molecule has 0 aromatic carbocycles. The summed E-state index contributed by atoms with van der Waals surface area (Å²) < 4.78 is 1.92. The van der Waals surface area contributed by atoms with Crippen LogP contribution >= 0.6 is 0 Å². The highest BCUT2D eigenvalue weighted by Gasteiger charge is 2.45. The Morgan fingerprint density at radius 3 is 2.61 bits per heavy atom. The van der Waals surface area contributed by atoms with Gasteiger partial charge in [-0.05, 0) is 11.5 Å². The predicted molar refractivity (Wildman–Crippen MR) is 66.6 cm³/mol. The molecule has 0 unspecified atom stereocenters. The number of likely N-dealkylation sites (tertiary alicyclic amines) is 1. The number of hydrogen-bond acceptors (Lipinski definition) is 4. The second kappa shape index (κ2) is 4.80. The summed E-state index contributed by atoms with van der Waals surface area (Å²) in [5.74, 6) is 0.438. The van der Waals surface area contributed by atoms with Crippen LogP contribution < -0.4 is 0 Å². The van der Waals surface area contributed by atoms with Crippen molar-refractivity contribution in [2.45, 2.75) is 31.7 Å². The van der Waals surface area contributed by atoms with Crippen LogP contribution in [-0.4, -0.2) is 34.3 Å². The summed E-state index contributed by atoms with van der Waals surface area (Å²) in [4.78, 5) is 2.04. The summed E-state index contributed by atoms with van der Waals surface area (Å²) in [6.07, 6.45) is 4.34. The van der Waals surface area contributed by atoms with Gasteiger partial charge < -0.3 is 0 Å². The number of rotatable bonds is 4. The largest absolute Gasteiger partial charge is 0.286 e. The molecule has 0 atom stereocenters. The van der Waals surface area contributed by atoms with Crippen molar-refractivity contribution >= 4 is 0 Å². The first kappa shape index (κ1) is 12.6. The minimum Gasteiger partial charge on any atom is -0.286 e. The van der Waals surface area contributed by atoms with Crippen LogP contribution in [0.1, 0.15) is 31.7 Å². The van der Waals surface area contributed by atoms with E-state index in [4.69, 9.17) is 10.5 Å². The zero-order valence-electron chi connectivity index (χ0n) is 10.8. The van der Waals surface area contributed by atoms with E-state index in [1.165, 1.54) is 5.56 Å². The Kier molecular flexibility index (Phi) is 3.36. The van der Waals surface area contributed by atoms with Crippen molar-refractivity contribution in [2.24, 2.45) is 0 Å². The van der Waals surface area contributed by atoms with Crippen LogP contribution in [0.15, 0.2) is 12.4 Å². The summed E-state index contributed by atoms with van der Waals surface area (Å²) in [7, 11) is 0. The van der Waals surface area contributed by atoms with Crippen molar-refractivity contribution in [2.75, 3.05) is 19.6 Å². The molecule has 1 aromatic rings. The average Bonchev–Trinajstić information content (AvgIpc) is 2.75. The second-order valence-electron chi connectivity index (χ2n) is 5.24. The van der Waals surface area contributed by atoms with Crippen molar-refractivity contribution in [1.29, 1.82) is 10.5 Å². The van der Waals surface area contributed by atoms with Gasteiger partial charge in [0.15, 0.2) is 0 Å². The zero-order chi connectivity index (χ0) is 13.2. The fourth-order valence-electron chi connectivity index (χ4n) is 2.38. The van der Waals surface area contributed by atoms with Gasteiger partial charge in [-0.15, -0.1) is 0 Å². The van der Waals surface area contributed by atoms with E-state index in [1.807, 2.05) is 22.0 Å². The van der Waals surface area contributed by atoms with Crippen molar-refractivity contribution in [3.05, 3.63) is 18.0 Å². The Morgan fingerprint density at radius 1 is 1.39 bits per heavy atom. The van der Waals surface area contributed by atoms with E-state index in [-0.39, 0.29) is 5.54 Å². The highest BCUT2D eigenvalue weighted by Crippen LogP contribution is 2.32. The highest BCUT2D eigenvalue weighted by atomic mass is 15.4. The van der Waals surface area contributed by atoms with E-state index in [1.54, 1.807) is 0 Å². The van der Waals surface area contributed by atoms with Crippen LogP contribution in [0.2, 0.25) is 0 Å². The third kappa shape index (κ3) is 2.10. The summed E-state index contributed by atoms with van der Waals surface area (Å²) in [5, 5.41) is 22.1. The van der Waals surface area contributed by atoms with Crippen molar-refractivity contribution in [3.8, 4) is 12.1 Å². The topological polar surface area (TPSA) is 68.6 Å². The van der Waals surface area contributed by atoms with Gasteiger partial charge in [-0.1, -0.05) is 13.8 Å². The maximum absolute atomic E-state index is 8.99. The molecule has 2 heterocycles. The summed E-state index contributed by atoms with van der Waals surface area (Å²) >= 11 is 0. The van der Waals surface area contributed by atoms with Gasteiger partial charge in [0.25, 0.3) is 0 Å². The molecule has 2 rings (SSSR count). The molecule has 0 N–H and O–H groups in total. The van der Waals surface area contributed by atoms with Crippen LogP contribution in [0, 0.1) is 22.7 Å². The Bertz CT molecular complexity index is 496. The monoisotopic (exact) mass is 243 g/mol. The van der Waals surface area contributed by atoms with Crippen molar-refractivity contribution < 1.29 is 0 Å². The highest BCUT2D eigenvalue weighted by molar-refractivity contribution is 5.14. The van der Waals surface area contributed by atoms with Gasteiger partial charge in [0.2, 0.25) is 0 Å². The maximum Gasteiger partial charge on any atom is 0.101 e. The molecule has 5 heteroatoms. The Morgan fingerprint density at radius 2 is 2.11 bits per heavy atom. The molecule has 0 aliphatic carbocycles. The maximum atomic E-state index is 8.99.